The molecule has 0 saturated carbocycles. The smallest absolute Gasteiger partial charge is 0.159 e. The minimum atomic E-state index is 0.0234. The number of nitrogens with zero attached hydrogens (tertiary/aromatic N) is 2. The minimum Gasteiger partial charge on any atom is -0.384 e. The molecule has 0 spiro atoms. The normalized spacial score (nSPS) is 10.7. The third-order valence-corrected chi connectivity index (χ3v) is 2.79. The quantitative estimate of drug-likeness (QED) is 0.650. The Morgan fingerprint density at radius 3 is 2.53 bits per heavy atom. The Balaban J connectivity index is 2.46. The third-order valence-electron chi connectivity index (χ3n) is 2.79. The molecular weight excluding hydrogens is 236 g/mol. The van der Waals surface area contributed by atoms with Crippen LogP contribution in [-0.2, 0) is 6.42 Å². The molecule has 4 nitrogen and oxygen atoms in total. The molecule has 0 aliphatic carbocycles. The number of hydrogen-bond donors (Lipinski definition) is 2. The Morgan fingerprint density at radius 2 is 1.95 bits per heavy atom. The summed E-state index contributed by atoms with van der Waals surface area (Å²) in [5.41, 5.74) is 8.03. The molecule has 0 amide bonds. The summed E-state index contributed by atoms with van der Waals surface area (Å²) in [6, 6.07) is 9.83. The molecule has 2 aromatic rings. The SMILES string of the molecule is CC(C)Cc1nc(-c2ccccc2)ncc1C(=N)N. The van der Waals surface area contributed by atoms with Gasteiger partial charge in [0.15, 0.2) is 5.82 Å². The second-order valence-corrected chi connectivity index (χ2v) is 4.93. The van der Waals surface area contributed by atoms with E-state index in [0.717, 1.165) is 17.7 Å². The number of nitrogens with two attached hydrogens (primary N) is 1. The Bertz CT molecular complexity index is 576. The van der Waals surface area contributed by atoms with Crippen molar-refractivity contribution in [2.24, 2.45) is 11.7 Å². The van der Waals surface area contributed by atoms with Gasteiger partial charge in [-0.2, -0.15) is 0 Å². The first-order chi connectivity index (χ1) is 9.08. The molecule has 4 heteroatoms. The van der Waals surface area contributed by atoms with Gasteiger partial charge < -0.3 is 5.73 Å². The van der Waals surface area contributed by atoms with Crippen LogP contribution >= 0.6 is 0 Å². The Labute approximate surface area is 113 Å². The Hall–Kier alpha value is -2.23. The van der Waals surface area contributed by atoms with Gasteiger partial charge in [0.05, 0.1) is 11.3 Å². The van der Waals surface area contributed by atoms with Crippen molar-refractivity contribution in [3.8, 4) is 11.4 Å². The summed E-state index contributed by atoms with van der Waals surface area (Å²) in [5.74, 6) is 1.16. The van der Waals surface area contributed by atoms with Gasteiger partial charge >= 0.3 is 0 Å². The van der Waals surface area contributed by atoms with E-state index >= 15 is 0 Å². The van der Waals surface area contributed by atoms with Crippen LogP contribution in [0.3, 0.4) is 0 Å². The molecule has 0 bridgehead atoms. The van der Waals surface area contributed by atoms with Gasteiger partial charge in [0.1, 0.15) is 5.84 Å². The van der Waals surface area contributed by atoms with E-state index in [9.17, 15) is 0 Å². The highest BCUT2D eigenvalue weighted by molar-refractivity contribution is 5.95. The van der Waals surface area contributed by atoms with Crippen molar-refractivity contribution in [2.45, 2.75) is 20.3 Å². The van der Waals surface area contributed by atoms with Crippen molar-refractivity contribution in [1.29, 1.82) is 5.41 Å². The Kier molecular flexibility index (Phi) is 3.90. The molecule has 0 atom stereocenters. The van der Waals surface area contributed by atoms with Gasteiger partial charge in [0, 0.05) is 11.8 Å². The van der Waals surface area contributed by atoms with Crippen LogP contribution in [0, 0.1) is 11.3 Å². The lowest BCUT2D eigenvalue weighted by molar-refractivity contribution is 0.633. The number of benzene rings is 1. The molecule has 2 rings (SSSR count). The Morgan fingerprint density at radius 1 is 1.26 bits per heavy atom. The van der Waals surface area contributed by atoms with Crippen molar-refractivity contribution in [3.05, 3.63) is 47.8 Å². The number of aromatic nitrogens is 2. The summed E-state index contributed by atoms with van der Waals surface area (Å²) >= 11 is 0. The molecule has 0 fully saturated rings. The first-order valence-corrected chi connectivity index (χ1v) is 6.33. The molecule has 0 aliphatic heterocycles. The van der Waals surface area contributed by atoms with Crippen molar-refractivity contribution < 1.29 is 0 Å². The van der Waals surface area contributed by atoms with Crippen LogP contribution in [0.1, 0.15) is 25.1 Å². The zero-order valence-corrected chi connectivity index (χ0v) is 11.2. The van der Waals surface area contributed by atoms with Crippen LogP contribution in [0.2, 0.25) is 0 Å². The predicted octanol–water partition coefficient (Wildman–Crippen LogP) is 2.63. The summed E-state index contributed by atoms with van der Waals surface area (Å²) in [5, 5.41) is 7.59. The summed E-state index contributed by atoms with van der Waals surface area (Å²) in [7, 11) is 0. The molecule has 3 N–H and O–H groups in total. The minimum absolute atomic E-state index is 0.0234. The van der Waals surface area contributed by atoms with Crippen LogP contribution in [0.5, 0.6) is 0 Å². The first kappa shape index (κ1) is 13.2. The van der Waals surface area contributed by atoms with Crippen molar-refractivity contribution in [3.63, 3.8) is 0 Å². The van der Waals surface area contributed by atoms with Gasteiger partial charge in [-0.05, 0) is 12.3 Å². The van der Waals surface area contributed by atoms with Crippen LogP contribution in [0.4, 0.5) is 0 Å². The average molecular weight is 254 g/mol. The van der Waals surface area contributed by atoms with Gasteiger partial charge in [-0.25, -0.2) is 9.97 Å². The molecule has 1 aromatic carbocycles. The maximum Gasteiger partial charge on any atom is 0.159 e. The lowest BCUT2D eigenvalue weighted by Gasteiger charge is -2.11. The van der Waals surface area contributed by atoms with E-state index in [1.165, 1.54) is 0 Å². The van der Waals surface area contributed by atoms with E-state index in [-0.39, 0.29) is 5.84 Å². The van der Waals surface area contributed by atoms with E-state index < -0.39 is 0 Å². The largest absolute Gasteiger partial charge is 0.384 e. The van der Waals surface area contributed by atoms with Crippen LogP contribution in [0.25, 0.3) is 11.4 Å². The number of rotatable bonds is 4. The monoisotopic (exact) mass is 254 g/mol. The van der Waals surface area contributed by atoms with E-state index in [2.05, 4.69) is 23.8 Å². The van der Waals surface area contributed by atoms with Gasteiger partial charge in [-0.1, -0.05) is 44.2 Å². The van der Waals surface area contributed by atoms with Crippen molar-refractivity contribution in [2.75, 3.05) is 0 Å². The fourth-order valence-corrected chi connectivity index (χ4v) is 1.91. The molecule has 1 aromatic heterocycles. The standard InChI is InChI=1S/C15H18N4/c1-10(2)8-13-12(14(16)17)9-18-15(19-13)11-6-4-3-5-7-11/h3-7,9-10H,8H2,1-2H3,(H3,16,17). The number of nitrogens with one attached hydrogen (secondary N) is 1. The molecule has 98 valence electrons. The van der Waals surface area contributed by atoms with Gasteiger partial charge in [-0.3, -0.25) is 5.41 Å². The maximum atomic E-state index is 7.59. The van der Waals surface area contributed by atoms with E-state index in [1.54, 1.807) is 6.20 Å². The van der Waals surface area contributed by atoms with Crippen molar-refractivity contribution >= 4 is 5.84 Å². The molecule has 0 radical (unpaired) electrons. The molecule has 1 heterocycles. The molecule has 0 saturated heterocycles. The van der Waals surface area contributed by atoms with Crippen molar-refractivity contribution in [1.82, 2.24) is 9.97 Å². The molecular formula is C15H18N4. The van der Waals surface area contributed by atoms with Crippen LogP contribution in [-0.4, -0.2) is 15.8 Å². The zero-order valence-electron chi connectivity index (χ0n) is 11.2. The van der Waals surface area contributed by atoms with Gasteiger partial charge in [0.2, 0.25) is 0 Å². The average Bonchev–Trinajstić information content (AvgIpc) is 2.38. The van der Waals surface area contributed by atoms with Crippen LogP contribution < -0.4 is 5.73 Å². The summed E-state index contributed by atoms with van der Waals surface area (Å²) < 4.78 is 0. The number of nitrogen functional groups attached to an aromatic ring is 1. The predicted molar refractivity (Wildman–Crippen MR) is 77.0 cm³/mol. The molecule has 0 unspecified atom stereocenters. The summed E-state index contributed by atoms with van der Waals surface area (Å²) in [6.45, 7) is 4.24. The van der Waals surface area contributed by atoms with Crippen LogP contribution in [0.15, 0.2) is 36.5 Å². The van der Waals surface area contributed by atoms with E-state index in [1.807, 2.05) is 30.3 Å². The third kappa shape index (κ3) is 3.16. The van der Waals surface area contributed by atoms with Gasteiger partial charge in [-0.15, -0.1) is 0 Å². The zero-order chi connectivity index (χ0) is 13.8. The van der Waals surface area contributed by atoms with Gasteiger partial charge in [0.25, 0.3) is 0 Å². The van der Waals surface area contributed by atoms with E-state index in [4.69, 9.17) is 11.1 Å². The maximum absolute atomic E-state index is 7.59. The molecule has 0 aliphatic rings. The van der Waals surface area contributed by atoms with E-state index in [0.29, 0.717) is 17.3 Å². The topological polar surface area (TPSA) is 75.7 Å². The second kappa shape index (κ2) is 5.61. The molecule has 19 heavy (non-hydrogen) atoms. The lowest BCUT2D eigenvalue weighted by atomic mass is 10.0. The fourth-order valence-electron chi connectivity index (χ4n) is 1.91. The highest BCUT2D eigenvalue weighted by atomic mass is 14.9. The highest BCUT2D eigenvalue weighted by Crippen LogP contribution is 2.17. The summed E-state index contributed by atoms with van der Waals surface area (Å²) in [4.78, 5) is 8.88. The fraction of sp³-hybridized carbons (Fsp3) is 0.267. The highest BCUT2D eigenvalue weighted by Gasteiger charge is 2.12. The second-order valence-electron chi connectivity index (χ2n) is 4.93. The summed E-state index contributed by atoms with van der Waals surface area (Å²) in [6.07, 6.45) is 2.44. The number of amidine groups is 1. The lowest BCUT2D eigenvalue weighted by Crippen LogP contribution is -2.17. The number of hydrogen-bond acceptors (Lipinski definition) is 3. The first-order valence-electron chi connectivity index (χ1n) is 6.33.